The molecular formula is C33H49N7O5. The second kappa shape index (κ2) is 15.7. The molecule has 0 unspecified atom stereocenters. The fourth-order valence-electron chi connectivity index (χ4n) is 5.00. The van der Waals surface area contributed by atoms with E-state index >= 15 is 0 Å². The van der Waals surface area contributed by atoms with Crippen molar-refractivity contribution in [2.75, 3.05) is 44.7 Å². The highest BCUT2D eigenvalue weighted by atomic mass is 16.6. The maximum absolute atomic E-state index is 13.6. The summed E-state index contributed by atoms with van der Waals surface area (Å²) in [5.74, 6) is -0.764. The first-order valence-corrected chi connectivity index (χ1v) is 15.4. The van der Waals surface area contributed by atoms with Crippen molar-refractivity contribution in [1.82, 2.24) is 31.1 Å². The molecule has 2 aromatic carbocycles. The van der Waals surface area contributed by atoms with Gasteiger partial charge < -0.3 is 19.9 Å². The lowest BCUT2D eigenvalue weighted by Gasteiger charge is -2.32. The van der Waals surface area contributed by atoms with Crippen molar-refractivity contribution < 1.29 is 23.9 Å². The Kier molecular flexibility index (Phi) is 12.3. The molecule has 0 bridgehead atoms. The van der Waals surface area contributed by atoms with Crippen LogP contribution in [0.1, 0.15) is 68.6 Å². The third kappa shape index (κ3) is 10.2. The lowest BCUT2D eigenvalue weighted by atomic mass is 10.1. The highest BCUT2D eigenvalue weighted by Crippen LogP contribution is 2.25. The van der Waals surface area contributed by atoms with Crippen molar-refractivity contribution in [3.8, 4) is 0 Å². The fraction of sp³-hybridized carbons (Fsp3) is 0.515. The van der Waals surface area contributed by atoms with Gasteiger partial charge in [-0.05, 0) is 76.4 Å². The van der Waals surface area contributed by atoms with Crippen molar-refractivity contribution in [1.29, 1.82) is 0 Å². The molecule has 12 nitrogen and oxygen atoms in total. The van der Waals surface area contributed by atoms with Gasteiger partial charge in [0, 0.05) is 57.1 Å². The molecule has 1 heterocycles. The van der Waals surface area contributed by atoms with E-state index in [-0.39, 0.29) is 49.9 Å². The van der Waals surface area contributed by atoms with Gasteiger partial charge in [0.25, 0.3) is 11.8 Å². The molecule has 0 spiro atoms. The molecule has 1 aliphatic rings. The molecule has 0 fully saturated rings. The zero-order valence-corrected chi connectivity index (χ0v) is 27.9. The maximum atomic E-state index is 13.6. The molecule has 0 radical (unpaired) electrons. The lowest BCUT2D eigenvalue weighted by Crippen LogP contribution is -2.49. The third-order valence-corrected chi connectivity index (χ3v) is 7.37. The molecule has 0 saturated carbocycles. The van der Waals surface area contributed by atoms with Gasteiger partial charge in [0.2, 0.25) is 5.91 Å². The SMILES string of the molecule is CCNNC(=O)c1ccc(N(CC(=O)NCCN(C(=O)OC(C)(C)C)C(C)C)CC(=O)N(C)N2Cc3ccccc3C2)c(C)c1. The Morgan fingerprint density at radius 2 is 1.64 bits per heavy atom. The summed E-state index contributed by atoms with van der Waals surface area (Å²) in [4.78, 5) is 55.3. The average molecular weight is 624 g/mol. The Bertz CT molecular complexity index is 1330. The number of hydrogen-bond donors (Lipinski definition) is 3. The molecule has 45 heavy (non-hydrogen) atoms. The zero-order chi connectivity index (χ0) is 33.3. The molecule has 246 valence electrons. The second-order valence-electron chi connectivity index (χ2n) is 12.5. The molecule has 0 aromatic heterocycles. The van der Waals surface area contributed by atoms with Crippen LogP contribution in [-0.4, -0.2) is 90.1 Å². The summed E-state index contributed by atoms with van der Waals surface area (Å²) in [6, 6.07) is 13.1. The molecule has 12 heteroatoms. The van der Waals surface area contributed by atoms with Gasteiger partial charge in [0.05, 0.1) is 13.1 Å². The molecule has 1 aliphatic heterocycles. The van der Waals surface area contributed by atoms with Gasteiger partial charge >= 0.3 is 6.09 Å². The van der Waals surface area contributed by atoms with Crippen molar-refractivity contribution >= 4 is 29.5 Å². The predicted molar refractivity (Wildman–Crippen MR) is 174 cm³/mol. The van der Waals surface area contributed by atoms with Gasteiger partial charge in [-0.3, -0.25) is 24.8 Å². The van der Waals surface area contributed by atoms with E-state index in [1.54, 1.807) is 40.1 Å². The smallest absolute Gasteiger partial charge is 0.410 e. The first kappa shape index (κ1) is 35.3. The van der Waals surface area contributed by atoms with Crippen LogP contribution in [0.2, 0.25) is 0 Å². The van der Waals surface area contributed by atoms with E-state index in [0.717, 1.165) is 5.56 Å². The van der Waals surface area contributed by atoms with Crippen LogP contribution in [0.4, 0.5) is 10.5 Å². The number of likely N-dealkylation sites (N-methyl/N-ethyl adjacent to an activating group) is 1. The molecule has 3 rings (SSSR count). The monoisotopic (exact) mass is 623 g/mol. The van der Waals surface area contributed by atoms with Crippen molar-refractivity contribution in [3.05, 3.63) is 64.7 Å². The van der Waals surface area contributed by atoms with Crippen LogP contribution < -0.4 is 21.1 Å². The summed E-state index contributed by atoms with van der Waals surface area (Å²) in [5.41, 5.74) is 9.02. The van der Waals surface area contributed by atoms with Gasteiger partial charge in [0.15, 0.2) is 0 Å². The molecule has 3 N–H and O–H groups in total. The number of carbonyl (C=O) groups is 4. The number of benzene rings is 2. The van der Waals surface area contributed by atoms with E-state index in [2.05, 4.69) is 28.3 Å². The molecule has 0 aliphatic carbocycles. The Balaban J connectivity index is 1.73. The molecule has 0 atom stereocenters. The standard InChI is InChI=1S/C33H49N7O5/c1-9-35-36-31(43)25-14-15-28(24(4)18-25)38(22-30(42)37(8)39-19-26-12-10-11-13-27(26)20-39)21-29(41)34-16-17-40(23(2)3)32(44)45-33(5,6)7/h10-15,18,23,35H,9,16-17,19-22H2,1-8H3,(H,34,41)(H,36,43). The van der Waals surface area contributed by atoms with Gasteiger partial charge in [-0.2, -0.15) is 0 Å². The van der Waals surface area contributed by atoms with Gasteiger partial charge in [-0.1, -0.05) is 31.2 Å². The minimum atomic E-state index is -0.633. The minimum Gasteiger partial charge on any atom is -0.444 e. The van der Waals surface area contributed by atoms with E-state index in [1.165, 1.54) is 11.1 Å². The van der Waals surface area contributed by atoms with Crippen LogP contribution in [-0.2, 0) is 27.4 Å². The normalized spacial score (nSPS) is 12.8. The Morgan fingerprint density at radius 3 is 2.20 bits per heavy atom. The summed E-state index contributed by atoms with van der Waals surface area (Å²) in [6.45, 7) is 15.1. The van der Waals surface area contributed by atoms with E-state index in [4.69, 9.17) is 4.74 Å². The van der Waals surface area contributed by atoms with Crippen LogP contribution in [0.25, 0.3) is 0 Å². The number of fused-ring (bicyclic) bond motifs is 1. The quantitative estimate of drug-likeness (QED) is 0.291. The molecular weight excluding hydrogens is 574 g/mol. The molecule has 4 amide bonds. The summed E-state index contributed by atoms with van der Waals surface area (Å²) in [6.07, 6.45) is -0.444. The van der Waals surface area contributed by atoms with E-state index in [0.29, 0.717) is 30.9 Å². The zero-order valence-electron chi connectivity index (χ0n) is 27.9. The number of nitrogens with one attached hydrogen (secondary N) is 3. The third-order valence-electron chi connectivity index (χ3n) is 7.37. The van der Waals surface area contributed by atoms with Crippen LogP contribution in [0.5, 0.6) is 0 Å². The minimum absolute atomic E-state index is 0.0590. The molecule has 0 saturated heterocycles. The summed E-state index contributed by atoms with van der Waals surface area (Å²) < 4.78 is 5.52. The molecule has 2 aromatic rings. The second-order valence-corrected chi connectivity index (χ2v) is 12.5. The van der Waals surface area contributed by atoms with Crippen molar-refractivity contribution in [3.63, 3.8) is 0 Å². The summed E-state index contributed by atoms with van der Waals surface area (Å²) in [7, 11) is 1.74. The van der Waals surface area contributed by atoms with Crippen LogP contribution >= 0.6 is 0 Å². The van der Waals surface area contributed by atoms with Crippen molar-refractivity contribution in [2.24, 2.45) is 0 Å². The van der Waals surface area contributed by atoms with E-state index in [9.17, 15) is 19.2 Å². The highest BCUT2D eigenvalue weighted by molar-refractivity contribution is 5.95. The number of anilines is 1. The number of rotatable bonds is 13. The van der Waals surface area contributed by atoms with Crippen molar-refractivity contribution in [2.45, 2.75) is 73.2 Å². The number of hydrazine groups is 2. The largest absolute Gasteiger partial charge is 0.444 e. The number of amides is 4. The van der Waals surface area contributed by atoms with Crippen LogP contribution in [0.15, 0.2) is 42.5 Å². The topological polar surface area (TPSA) is 127 Å². The maximum Gasteiger partial charge on any atom is 0.410 e. The number of nitrogens with zero attached hydrogens (tertiary/aromatic N) is 4. The van der Waals surface area contributed by atoms with Gasteiger partial charge in [0.1, 0.15) is 5.60 Å². The number of carbonyl (C=O) groups excluding carboxylic acids is 4. The number of hydrogen-bond acceptors (Lipinski definition) is 8. The predicted octanol–water partition coefficient (Wildman–Crippen LogP) is 3.21. The average Bonchev–Trinajstić information content (AvgIpc) is 3.40. The Hall–Kier alpha value is -4.16. The van der Waals surface area contributed by atoms with E-state index in [1.807, 2.05) is 65.6 Å². The van der Waals surface area contributed by atoms with Gasteiger partial charge in [-0.15, -0.1) is 0 Å². The Labute approximate surface area is 267 Å². The Morgan fingerprint density at radius 1 is 1.00 bits per heavy atom. The van der Waals surface area contributed by atoms with E-state index < -0.39 is 11.7 Å². The fourth-order valence-corrected chi connectivity index (χ4v) is 5.00. The lowest BCUT2D eigenvalue weighted by molar-refractivity contribution is -0.145. The number of ether oxygens (including phenoxy) is 1. The first-order valence-electron chi connectivity index (χ1n) is 15.4. The highest BCUT2D eigenvalue weighted by Gasteiger charge is 2.28. The first-order chi connectivity index (χ1) is 21.2. The summed E-state index contributed by atoms with van der Waals surface area (Å²) in [5, 5.41) is 6.48. The van der Waals surface area contributed by atoms with Crippen LogP contribution in [0, 0.1) is 6.92 Å². The van der Waals surface area contributed by atoms with Crippen LogP contribution in [0.3, 0.4) is 0 Å². The van der Waals surface area contributed by atoms with Gasteiger partial charge in [-0.25, -0.2) is 15.2 Å². The summed E-state index contributed by atoms with van der Waals surface area (Å²) >= 11 is 0. The number of aryl methyl sites for hydroxylation is 1.